The lowest BCUT2D eigenvalue weighted by Crippen LogP contribution is -2.01. The summed E-state index contributed by atoms with van der Waals surface area (Å²) >= 11 is 0. The number of benzene rings is 1. The standard InChI is InChI=1S/C11H11FN2O/c1-8(15)10-6-9(12)2-3-11(10)14-5-4-13-7-14/h2-8,15H,1H3/t8-/m1/s1. The Kier molecular flexibility index (Phi) is 2.51. The van der Waals surface area contributed by atoms with Gasteiger partial charge in [0.05, 0.1) is 18.1 Å². The van der Waals surface area contributed by atoms with Gasteiger partial charge in [-0.15, -0.1) is 0 Å². The van der Waals surface area contributed by atoms with E-state index in [1.54, 1.807) is 36.3 Å². The molecule has 1 aromatic heterocycles. The van der Waals surface area contributed by atoms with Crippen molar-refractivity contribution < 1.29 is 9.50 Å². The molecule has 0 unspecified atom stereocenters. The number of aliphatic hydroxyl groups is 1. The molecule has 0 radical (unpaired) electrons. The maximum absolute atomic E-state index is 13.0. The van der Waals surface area contributed by atoms with Crippen molar-refractivity contribution in [2.75, 3.05) is 0 Å². The third-order valence-electron chi connectivity index (χ3n) is 2.22. The summed E-state index contributed by atoms with van der Waals surface area (Å²) < 4.78 is 14.8. The van der Waals surface area contributed by atoms with Gasteiger partial charge in [0.15, 0.2) is 0 Å². The molecule has 0 aliphatic carbocycles. The summed E-state index contributed by atoms with van der Waals surface area (Å²) in [5, 5.41) is 9.53. The van der Waals surface area contributed by atoms with Crippen molar-refractivity contribution >= 4 is 0 Å². The predicted octanol–water partition coefficient (Wildman–Crippen LogP) is 2.06. The predicted molar refractivity (Wildman–Crippen MR) is 54.2 cm³/mol. The first kappa shape index (κ1) is 9.86. The molecule has 0 spiro atoms. The molecule has 0 saturated heterocycles. The van der Waals surface area contributed by atoms with Crippen molar-refractivity contribution in [2.45, 2.75) is 13.0 Å². The Labute approximate surface area is 86.8 Å². The van der Waals surface area contributed by atoms with Gasteiger partial charge in [-0.3, -0.25) is 0 Å². The summed E-state index contributed by atoms with van der Waals surface area (Å²) in [4.78, 5) is 3.91. The molecule has 0 saturated carbocycles. The van der Waals surface area contributed by atoms with Crippen LogP contribution >= 0.6 is 0 Å². The molecule has 0 bridgehead atoms. The van der Waals surface area contributed by atoms with E-state index in [9.17, 15) is 9.50 Å². The van der Waals surface area contributed by atoms with Crippen molar-refractivity contribution in [1.29, 1.82) is 0 Å². The first-order valence-corrected chi connectivity index (χ1v) is 4.64. The highest BCUT2D eigenvalue weighted by Crippen LogP contribution is 2.22. The molecule has 0 fully saturated rings. The first-order chi connectivity index (χ1) is 7.18. The van der Waals surface area contributed by atoms with E-state index in [0.29, 0.717) is 5.56 Å². The summed E-state index contributed by atoms with van der Waals surface area (Å²) in [5.74, 6) is -0.352. The van der Waals surface area contributed by atoms with Gasteiger partial charge in [-0.05, 0) is 25.1 Å². The molecule has 0 aliphatic heterocycles. The fourth-order valence-electron chi connectivity index (χ4n) is 1.50. The van der Waals surface area contributed by atoms with Crippen molar-refractivity contribution in [2.24, 2.45) is 0 Å². The Morgan fingerprint density at radius 2 is 2.27 bits per heavy atom. The lowest BCUT2D eigenvalue weighted by atomic mass is 10.1. The van der Waals surface area contributed by atoms with E-state index < -0.39 is 6.10 Å². The molecule has 15 heavy (non-hydrogen) atoms. The minimum atomic E-state index is -0.710. The zero-order valence-electron chi connectivity index (χ0n) is 8.26. The van der Waals surface area contributed by atoms with Crippen LogP contribution in [-0.4, -0.2) is 14.7 Å². The SMILES string of the molecule is C[C@@H](O)c1cc(F)ccc1-n1ccnc1. The zero-order chi connectivity index (χ0) is 10.8. The van der Waals surface area contributed by atoms with Gasteiger partial charge in [0, 0.05) is 18.0 Å². The van der Waals surface area contributed by atoms with Crippen LogP contribution in [0.3, 0.4) is 0 Å². The van der Waals surface area contributed by atoms with Crippen LogP contribution in [0.1, 0.15) is 18.6 Å². The van der Waals surface area contributed by atoms with Gasteiger partial charge in [-0.1, -0.05) is 0 Å². The van der Waals surface area contributed by atoms with Crippen molar-refractivity contribution in [1.82, 2.24) is 9.55 Å². The molecule has 2 aromatic rings. The summed E-state index contributed by atoms with van der Waals surface area (Å²) in [6.45, 7) is 1.61. The number of halogens is 1. The minimum Gasteiger partial charge on any atom is -0.389 e. The monoisotopic (exact) mass is 206 g/mol. The maximum atomic E-state index is 13.0. The van der Waals surface area contributed by atoms with Crippen LogP contribution in [0.25, 0.3) is 5.69 Å². The van der Waals surface area contributed by atoms with E-state index in [0.717, 1.165) is 5.69 Å². The first-order valence-electron chi connectivity index (χ1n) is 4.64. The largest absolute Gasteiger partial charge is 0.389 e. The van der Waals surface area contributed by atoms with E-state index in [1.165, 1.54) is 12.1 Å². The van der Waals surface area contributed by atoms with Crippen LogP contribution in [-0.2, 0) is 0 Å². The fraction of sp³-hybridized carbons (Fsp3) is 0.182. The molecular weight excluding hydrogens is 195 g/mol. The third kappa shape index (κ3) is 1.89. The number of aliphatic hydroxyl groups excluding tert-OH is 1. The van der Waals surface area contributed by atoms with Gasteiger partial charge in [-0.2, -0.15) is 0 Å². The molecule has 1 N–H and O–H groups in total. The summed E-state index contributed by atoms with van der Waals surface area (Å²) in [6.07, 6.45) is 4.28. The summed E-state index contributed by atoms with van der Waals surface area (Å²) in [5.41, 5.74) is 1.29. The van der Waals surface area contributed by atoms with Crippen LogP contribution in [0.5, 0.6) is 0 Å². The van der Waals surface area contributed by atoms with E-state index in [1.807, 2.05) is 0 Å². The van der Waals surface area contributed by atoms with Crippen LogP contribution in [0.4, 0.5) is 4.39 Å². The zero-order valence-corrected chi connectivity index (χ0v) is 8.26. The van der Waals surface area contributed by atoms with E-state index in [-0.39, 0.29) is 5.82 Å². The van der Waals surface area contributed by atoms with Crippen molar-refractivity contribution in [3.05, 3.63) is 48.3 Å². The number of hydrogen-bond donors (Lipinski definition) is 1. The smallest absolute Gasteiger partial charge is 0.123 e. The molecule has 3 nitrogen and oxygen atoms in total. The van der Waals surface area contributed by atoms with E-state index in [2.05, 4.69) is 4.98 Å². The second-order valence-corrected chi connectivity index (χ2v) is 3.35. The topological polar surface area (TPSA) is 38.0 Å². The molecule has 4 heteroatoms. The highest BCUT2D eigenvalue weighted by Gasteiger charge is 2.10. The number of imidazole rings is 1. The Balaban J connectivity index is 2.56. The quantitative estimate of drug-likeness (QED) is 0.816. The molecular formula is C11H11FN2O. The molecule has 1 heterocycles. The normalized spacial score (nSPS) is 12.7. The number of aromatic nitrogens is 2. The minimum absolute atomic E-state index is 0.352. The van der Waals surface area contributed by atoms with Gasteiger partial charge >= 0.3 is 0 Å². The molecule has 0 aliphatic rings. The van der Waals surface area contributed by atoms with Gasteiger partial charge in [0.1, 0.15) is 5.82 Å². The van der Waals surface area contributed by atoms with Gasteiger partial charge < -0.3 is 9.67 Å². The molecule has 0 amide bonds. The maximum Gasteiger partial charge on any atom is 0.123 e. The molecule has 78 valence electrons. The van der Waals surface area contributed by atoms with Crippen molar-refractivity contribution in [3.8, 4) is 5.69 Å². The molecule has 2 rings (SSSR count). The van der Waals surface area contributed by atoms with Gasteiger partial charge in [0.2, 0.25) is 0 Å². The molecule has 1 atom stereocenters. The lowest BCUT2D eigenvalue weighted by molar-refractivity contribution is 0.198. The number of rotatable bonds is 2. The summed E-state index contributed by atoms with van der Waals surface area (Å²) in [7, 11) is 0. The molecule has 1 aromatic carbocycles. The highest BCUT2D eigenvalue weighted by atomic mass is 19.1. The Bertz CT molecular complexity index is 452. The number of hydrogen-bond acceptors (Lipinski definition) is 2. The van der Waals surface area contributed by atoms with E-state index in [4.69, 9.17) is 0 Å². The Morgan fingerprint density at radius 3 is 2.87 bits per heavy atom. The highest BCUT2D eigenvalue weighted by molar-refractivity contribution is 5.42. The second kappa shape index (κ2) is 3.82. The average Bonchev–Trinajstić information content (AvgIpc) is 2.70. The Hall–Kier alpha value is -1.68. The van der Waals surface area contributed by atoms with Crippen LogP contribution < -0.4 is 0 Å². The van der Waals surface area contributed by atoms with Crippen molar-refractivity contribution in [3.63, 3.8) is 0 Å². The fourth-order valence-corrected chi connectivity index (χ4v) is 1.50. The van der Waals surface area contributed by atoms with Crippen LogP contribution in [0, 0.1) is 5.82 Å². The number of nitrogens with zero attached hydrogens (tertiary/aromatic N) is 2. The average molecular weight is 206 g/mol. The second-order valence-electron chi connectivity index (χ2n) is 3.35. The van der Waals surface area contributed by atoms with Crippen LogP contribution in [0.15, 0.2) is 36.9 Å². The van der Waals surface area contributed by atoms with Gasteiger partial charge in [0.25, 0.3) is 0 Å². The third-order valence-corrected chi connectivity index (χ3v) is 2.22. The Morgan fingerprint density at radius 1 is 1.47 bits per heavy atom. The lowest BCUT2D eigenvalue weighted by Gasteiger charge is -2.12. The van der Waals surface area contributed by atoms with Gasteiger partial charge in [-0.25, -0.2) is 9.37 Å². The van der Waals surface area contributed by atoms with Crippen LogP contribution in [0.2, 0.25) is 0 Å². The van der Waals surface area contributed by atoms with E-state index >= 15 is 0 Å². The summed E-state index contributed by atoms with van der Waals surface area (Å²) in [6, 6.07) is 4.32.